The number of benzene rings is 1. The van der Waals surface area contributed by atoms with Crippen LogP contribution in [0.15, 0.2) is 30.5 Å². The van der Waals surface area contributed by atoms with E-state index in [0.29, 0.717) is 17.6 Å². The fourth-order valence-electron chi connectivity index (χ4n) is 1.99. The first-order chi connectivity index (χ1) is 9.16. The van der Waals surface area contributed by atoms with Gasteiger partial charge in [-0.15, -0.1) is 5.10 Å². The first-order valence-corrected chi connectivity index (χ1v) is 5.69. The van der Waals surface area contributed by atoms with Crippen molar-refractivity contribution in [2.24, 2.45) is 7.05 Å². The van der Waals surface area contributed by atoms with Gasteiger partial charge in [0.05, 0.1) is 23.3 Å². The second kappa shape index (κ2) is 4.20. The summed E-state index contributed by atoms with van der Waals surface area (Å²) < 4.78 is 3.41. The molecule has 3 aromatic rings. The zero-order valence-electron chi connectivity index (χ0n) is 10.2. The van der Waals surface area contributed by atoms with Crippen LogP contribution >= 0.6 is 0 Å². The normalized spacial score (nSPS) is 11.0. The van der Waals surface area contributed by atoms with E-state index < -0.39 is 5.97 Å². The van der Waals surface area contributed by atoms with Gasteiger partial charge < -0.3 is 5.11 Å². The molecule has 19 heavy (non-hydrogen) atoms. The van der Waals surface area contributed by atoms with Gasteiger partial charge >= 0.3 is 5.97 Å². The second-order valence-corrected chi connectivity index (χ2v) is 4.17. The smallest absolute Gasteiger partial charge is 0.338 e. The third kappa shape index (κ3) is 1.85. The minimum atomic E-state index is -1.00. The number of hydrogen-bond donors (Lipinski definition) is 1. The maximum absolute atomic E-state index is 11.1. The average molecular weight is 257 g/mol. The Balaban J connectivity index is 2.09. The number of carbonyl (C=O) groups is 1. The van der Waals surface area contributed by atoms with E-state index in [9.17, 15) is 4.79 Å². The Labute approximate surface area is 108 Å². The van der Waals surface area contributed by atoms with Crippen molar-refractivity contribution >= 4 is 17.0 Å². The van der Waals surface area contributed by atoms with Gasteiger partial charge in [-0.25, -0.2) is 9.48 Å². The molecule has 0 aliphatic carbocycles. The Morgan fingerprint density at radius 1 is 1.37 bits per heavy atom. The summed E-state index contributed by atoms with van der Waals surface area (Å²) in [7, 11) is 1.84. The topological polar surface area (TPSA) is 85.8 Å². The summed E-state index contributed by atoms with van der Waals surface area (Å²) in [5.74, 6) is -1.00. The van der Waals surface area contributed by atoms with E-state index in [4.69, 9.17) is 5.11 Å². The predicted octanol–water partition coefficient (Wildman–Crippen LogP) is 0.911. The van der Waals surface area contributed by atoms with Crippen LogP contribution < -0.4 is 0 Å². The summed E-state index contributed by atoms with van der Waals surface area (Å²) in [5.41, 5.74) is 2.22. The lowest BCUT2D eigenvalue weighted by atomic mass is 10.2. The van der Waals surface area contributed by atoms with Crippen molar-refractivity contribution in [3.05, 3.63) is 41.7 Å². The van der Waals surface area contributed by atoms with Crippen LogP contribution in [0, 0.1) is 0 Å². The highest BCUT2D eigenvalue weighted by Crippen LogP contribution is 2.17. The third-order valence-corrected chi connectivity index (χ3v) is 3.01. The number of fused-ring (bicyclic) bond motifs is 1. The molecule has 1 N–H and O–H groups in total. The number of carboxylic acid groups (broad SMARTS) is 1. The van der Waals surface area contributed by atoms with Crippen LogP contribution in [-0.4, -0.2) is 35.9 Å². The molecule has 2 heterocycles. The molecule has 96 valence electrons. The van der Waals surface area contributed by atoms with Gasteiger partial charge in [0.15, 0.2) is 0 Å². The second-order valence-electron chi connectivity index (χ2n) is 4.17. The van der Waals surface area contributed by atoms with Gasteiger partial charge in [0.1, 0.15) is 5.52 Å². The molecule has 0 unspecified atom stereocenters. The number of aromatic nitrogens is 5. The standard InChI is InChI=1S/C12H11N5O2/c1-16-8(5-6-13-16)7-17-10-4-2-3-9(12(18)19)11(10)14-15-17/h2-6H,7H2,1H3,(H,18,19). The van der Waals surface area contributed by atoms with Crippen molar-refractivity contribution in [2.75, 3.05) is 0 Å². The molecule has 7 heteroatoms. The molecule has 0 radical (unpaired) electrons. The lowest BCUT2D eigenvalue weighted by Crippen LogP contribution is -2.07. The lowest BCUT2D eigenvalue weighted by molar-refractivity contribution is 0.0699. The number of rotatable bonds is 3. The van der Waals surface area contributed by atoms with Crippen molar-refractivity contribution in [2.45, 2.75) is 6.54 Å². The number of aryl methyl sites for hydroxylation is 1. The Morgan fingerprint density at radius 2 is 2.21 bits per heavy atom. The first kappa shape index (κ1) is 11.4. The molecule has 0 atom stereocenters. The SMILES string of the molecule is Cn1nccc1Cn1nnc2c(C(=O)O)cccc21. The van der Waals surface area contributed by atoms with E-state index in [1.54, 1.807) is 27.7 Å². The van der Waals surface area contributed by atoms with E-state index in [0.717, 1.165) is 5.69 Å². The van der Waals surface area contributed by atoms with Crippen molar-refractivity contribution in [3.8, 4) is 0 Å². The number of aromatic carboxylic acids is 1. The molecule has 3 rings (SSSR count). The van der Waals surface area contributed by atoms with Gasteiger partial charge in [-0.3, -0.25) is 4.68 Å². The van der Waals surface area contributed by atoms with E-state index in [-0.39, 0.29) is 5.56 Å². The minimum absolute atomic E-state index is 0.161. The monoisotopic (exact) mass is 257 g/mol. The Morgan fingerprint density at radius 3 is 2.89 bits per heavy atom. The highest BCUT2D eigenvalue weighted by molar-refractivity contribution is 6.00. The zero-order chi connectivity index (χ0) is 13.4. The van der Waals surface area contributed by atoms with Crippen LogP contribution in [0.3, 0.4) is 0 Å². The number of nitrogens with zero attached hydrogens (tertiary/aromatic N) is 5. The highest BCUT2D eigenvalue weighted by Gasteiger charge is 2.14. The maximum atomic E-state index is 11.1. The number of carboxylic acids is 1. The molecule has 0 fully saturated rings. The molecule has 0 amide bonds. The predicted molar refractivity (Wildman–Crippen MR) is 66.8 cm³/mol. The van der Waals surface area contributed by atoms with Gasteiger partial charge in [0.25, 0.3) is 0 Å². The van der Waals surface area contributed by atoms with Gasteiger partial charge in [-0.05, 0) is 18.2 Å². The fraction of sp³-hybridized carbons (Fsp3) is 0.167. The van der Waals surface area contributed by atoms with E-state index >= 15 is 0 Å². The molecule has 0 aliphatic rings. The maximum Gasteiger partial charge on any atom is 0.338 e. The fourth-order valence-corrected chi connectivity index (χ4v) is 1.99. The Kier molecular flexibility index (Phi) is 2.52. The lowest BCUT2D eigenvalue weighted by Gasteiger charge is -2.03. The summed E-state index contributed by atoms with van der Waals surface area (Å²) in [5, 5.41) is 21.2. The summed E-state index contributed by atoms with van der Waals surface area (Å²) in [6.07, 6.45) is 1.71. The Hall–Kier alpha value is -2.70. The van der Waals surface area contributed by atoms with E-state index in [1.165, 1.54) is 6.07 Å². The summed E-state index contributed by atoms with van der Waals surface area (Å²) in [6.45, 7) is 0.496. The summed E-state index contributed by atoms with van der Waals surface area (Å²) >= 11 is 0. The summed E-state index contributed by atoms with van der Waals surface area (Å²) in [6, 6.07) is 6.90. The molecule has 0 spiro atoms. The van der Waals surface area contributed by atoms with E-state index in [1.807, 2.05) is 13.1 Å². The van der Waals surface area contributed by atoms with Crippen LogP contribution in [0.5, 0.6) is 0 Å². The van der Waals surface area contributed by atoms with Crippen molar-refractivity contribution in [1.82, 2.24) is 24.8 Å². The minimum Gasteiger partial charge on any atom is -0.478 e. The molecule has 7 nitrogen and oxygen atoms in total. The Bertz CT molecular complexity index is 758. The molecule has 0 saturated carbocycles. The highest BCUT2D eigenvalue weighted by atomic mass is 16.4. The molecular formula is C12H11N5O2. The van der Waals surface area contributed by atoms with Gasteiger partial charge in [0.2, 0.25) is 0 Å². The van der Waals surface area contributed by atoms with Crippen molar-refractivity contribution in [3.63, 3.8) is 0 Å². The molecule has 0 bridgehead atoms. The molecule has 2 aromatic heterocycles. The zero-order valence-corrected chi connectivity index (χ0v) is 10.2. The van der Waals surface area contributed by atoms with E-state index in [2.05, 4.69) is 15.4 Å². The largest absolute Gasteiger partial charge is 0.478 e. The van der Waals surface area contributed by atoms with Crippen LogP contribution in [0.2, 0.25) is 0 Å². The first-order valence-electron chi connectivity index (χ1n) is 5.69. The van der Waals surface area contributed by atoms with Crippen LogP contribution in [0.25, 0.3) is 11.0 Å². The van der Waals surface area contributed by atoms with Crippen molar-refractivity contribution < 1.29 is 9.90 Å². The van der Waals surface area contributed by atoms with Gasteiger partial charge in [0, 0.05) is 13.2 Å². The third-order valence-electron chi connectivity index (χ3n) is 3.01. The van der Waals surface area contributed by atoms with Gasteiger partial charge in [-0.1, -0.05) is 11.3 Å². The van der Waals surface area contributed by atoms with Crippen LogP contribution in [0.4, 0.5) is 0 Å². The molecule has 0 aliphatic heterocycles. The van der Waals surface area contributed by atoms with Gasteiger partial charge in [-0.2, -0.15) is 5.10 Å². The molecule has 0 saturated heterocycles. The number of hydrogen-bond acceptors (Lipinski definition) is 4. The quantitative estimate of drug-likeness (QED) is 0.753. The summed E-state index contributed by atoms with van der Waals surface area (Å²) in [4.78, 5) is 11.1. The molecular weight excluding hydrogens is 246 g/mol. The van der Waals surface area contributed by atoms with Crippen LogP contribution in [-0.2, 0) is 13.6 Å². The van der Waals surface area contributed by atoms with Crippen LogP contribution in [0.1, 0.15) is 16.1 Å². The average Bonchev–Trinajstić information content (AvgIpc) is 2.97. The molecule has 1 aromatic carbocycles. The van der Waals surface area contributed by atoms with Crippen molar-refractivity contribution in [1.29, 1.82) is 0 Å².